The molecule has 2 nitrogen and oxygen atoms in total. The summed E-state index contributed by atoms with van der Waals surface area (Å²) < 4.78 is 5.12. The number of hydrogen-bond donors (Lipinski definition) is 1. The van der Waals surface area contributed by atoms with Gasteiger partial charge in [-0.3, -0.25) is 4.79 Å². The molecule has 0 aliphatic rings. The quantitative estimate of drug-likeness (QED) is 0.361. The zero-order chi connectivity index (χ0) is 13.1. The molecule has 0 fully saturated rings. The van der Waals surface area contributed by atoms with Gasteiger partial charge in [-0.25, -0.2) is 0 Å². The molecular formula is C14H28O2S. The van der Waals surface area contributed by atoms with Gasteiger partial charge in [0.25, 0.3) is 0 Å². The van der Waals surface area contributed by atoms with Crippen LogP contribution in [-0.2, 0) is 9.53 Å². The summed E-state index contributed by atoms with van der Waals surface area (Å²) in [7, 11) is 0. The van der Waals surface area contributed by atoms with Gasteiger partial charge in [0.15, 0.2) is 0 Å². The molecule has 0 amide bonds. The molecule has 17 heavy (non-hydrogen) atoms. The van der Waals surface area contributed by atoms with Crippen LogP contribution >= 0.6 is 12.6 Å². The summed E-state index contributed by atoms with van der Waals surface area (Å²) in [6, 6.07) is 0. The van der Waals surface area contributed by atoms with Crippen LogP contribution < -0.4 is 0 Å². The SMILES string of the molecule is CCCCOC(=O)C(S)CCCCCC(C)C. The normalized spacial score (nSPS) is 12.8. The molecule has 0 aliphatic carbocycles. The minimum Gasteiger partial charge on any atom is -0.465 e. The van der Waals surface area contributed by atoms with Crippen molar-refractivity contribution in [2.24, 2.45) is 5.92 Å². The topological polar surface area (TPSA) is 26.3 Å². The van der Waals surface area contributed by atoms with E-state index in [0.29, 0.717) is 6.61 Å². The lowest BCUT2D eigenvalue weighted by Crippen LogP contribution is -2.18. The van der Waals surface area contributed by atoms with Crippen LogP contribution in [0.15, 0.2) is 0 Å². The van der Waals surface area contributed by atoms with Gasteiger partial charge in [-0.05, 0) is 18.8 Å². The van der Waals surface area contributed by atoms with Gasteiger partial charge in [-0.15, -0.1) is 0 Å². The highest BCUT2D eigenvalue weighted by Crippen LogP contribution is 2.13. The Morgan fingerprint density at radius 3 is 2.35 bits per heavy atom. The maximum atomic E-state index is 11.5. The van der Waals surface area contributed by atoms with Gasteiger partial charge in [0.2, 0.25) is 0 Å². The predicted molar refractivity (Wildman–Crippen MR) is 76.6 cm³/mol. The fraction of sp³-hybridized carbons (Fsp3) is 0.929. The Hall–Kier alpha value is -0.180. The van der Waals surface area contributed by atoms with Crippen molar-refractivity contribution in [2.45, 2.75) is 71.0 Å². The number of rotatable bonds is 10. The Morgan fingerprint density at radius 1 is 1.12 bits per heavy atom. The van der Waals surface area contributed by atoms with Gasteiger partial charge in [0.05, 0.1) is 11.9 Å². The first kappa shape index (κ1) is 16.8. The van der Waals surface area contributed by atoms with Crippen molar-refractivity contribution in [3.63, 3.8) is 0 Å². The maximum Gasteiger partial charge on any atom is 0.318 e. The van der Waals surface area contributed by atoms with E-state index in [1.54, 1.807) is 0 Å². The third kappa shape index (κ3) is 10.7. The van der Waals surface area contributed by atoms with Gasteiger partial charge in [-0.1, -0.05) is 52.9 Å². The number of ether oxygens (including phenoxy) is 1. The lowest BCUT2D eigenvalue weighted by atomic mass is 10.0. The molecule has 0 heterocycles. The molecule has 0 saturated heterocycles. The summed E-state index contributed by atoms with van der Waals surface area (Å²) in [4.78, 5) is 11.5. The summed E-state index contributed by atoms with van der Waals surface area (Å²) in [6.07, 6.45) is 7.63. The molecule has 0 rings (SSSR count). The first-order valence-electron chi connectivity index (χ1n) is 6.92. The maximum absolute atomic E-state index is 11.5. The summed E-state index contributed by atoms with van der Waals surface area (Å²) in [6.45, 7) is 7.11. The van der Waals surface area contributed by atoms with E-state index in [4.69, 9.17) is 4.74 Å². The van der Waals surface area contributed by atoms with E-state index in [0.717, 1.165) is 31.6 Å². The minimum absolute atomic E-state index is 0.148. The molecule has 0 bridgehead atoms. The first-order chi connectivity index (χ1) is 8.07. The van der Waals surface area contributed by atoms with Crippen molar-refractivity contribution in [1.82, 2.24) is 0 Å². The third-order valence-corrected chi connectivity index (χ3v) is 3.24. The predicted octanol–water partition coefficient (Wildman–Crippen LogP) is 4.23. The zero-order valence-electron chi connectivity index (χ0n) is 11.6. The van der Waals surface area contributed by atoms with Gasteiger partial charge >= 0.3 is 5.97 Å². The third-order valence-electron chi connectivity index (χ3n) is 2.77. The second-order valence-corrected chi connectivity index (χ2v) is 5.69. The molecule has 1 atom stereocenters. The monoisotopic (exact) mass is 260 g/mol. The standard InChI is InChI=1S/C14H28O2S/c1-4-5-11-16-14(15)13(17)10-8-6-7-9-12(2)3/h12-13,17H,4-11H2,1-3H3. The number of carbonyl (C=O) groups is 1. The smallest absolute Gasteiger partial charge is 0.318 e. The second-order valence-electron chi connectivity index (χ2n) is 5.07. The molecular weight excluding hydrogens is 232 g/mol. The van der Waals surface area contributed by atoms with Crippen LogP contribution in [0, 0.1) is 5.92 Å². The average molecular weight is 260 g/mol. The van der Waals surface area contributed by atoms with Gasteiger partial charge in [0, 0.05) is 0 Å². The van der Waals surface area contributed by atoms with Crippen LogP contribution in [0.1, 0.15) is 65.7 Å². The molecule has 102 valence electrons. The summed E-state index contributed by atoms with van der Waals surface area (Å²) in [5, 5.41) is -0.231. The molecule has 0 spiro atoms. The lowest BCUT2D eigenvalue weighted by molar-refractivity contribution is -0.143. The molecule has 3 heteroatoms. The van der Waals surface area contributed by atoms with Gasteiger partial charge in [-0.2, -0.15) is 12.6 Å². The van der Waals surface area contributed by atoms with Crippen molar-refractivity contribution in [3.8, 4) is 0 Å². The highest BCUT2D eigenvalue weighted by Gasteiger charge is 2.14. The van der Waals surface area contributed by atoms with Crippen LogP contribution in [0.4, 0.5) is 0 Å². The Labute approximate surface area is 112 Å². The number of unbranched alkanes of at least 4 members (excludes halogenated alkanes) is 3. The number of esters is 1. The van der Waals surface area contributed by atoms with E-state index in [2.05, 4.69) is 33.4 Å². The number of carbonyl (C=O) groups excluding carboxylic acids is 1. The van der Waals surface area contributed by atoms with Crippen molar-refractivity contribution >= 4 is 18.6 Å². The van der Waals surface area contributed by atoms with Crippen LogP contribution in [0.3, 0.4) is 0 Å². The van der Waals surface area contributed by atoms with E-state index in [-0.39, 0.29) is 11.2 Å². The zero-order valence-corrected chi connectivity index (χ0v) is 12.5. The van der Waals surface area contributed by atoms with E-state index in [9.17, 15) is 4.79 Å². The van der Waals surface area contributed by atoms with Gasteiger partial charge < -0.3 is 4.74 Å². The van der Waals surface area contributed by atoms with Crippen molar-refractivity contribution in [3.05, 3.63) is 0 Å². The van der Waals surface area contributed by atoms with Gasteiger partial charge in [0.1, 0.15) is 0 Å². The Bertz CT molecular complexity index is 193. The fourth-order valence-corrected chi connectivity index (χ4v) is 1.86. The second kappa shape index (κ2) is 10.9. The highest BCUT2D eigenvalue weighted by atomic mass is 32.1. The van der Waals surface area contributed by atoms with Crippen LogP contribution in [0.2, 0.25) is 0 Å². The Kier molecular flexibility index (Phi) is 10.8. The van der Waals surface area contributed by atoms with Crippen LogP contribution in [0.25, 0.3) is 0 Å². The molecule has 0 aromatic rings. The fourth-order valence-electron chi connectivity index (χ4n) is 1.60. The van der Waals surface area contributed by atoms with E-state index < -0.39 is 0 Å². The first-order valence-corrected chi connectivity index (χ1v) is 7.44. The molecule has 0 aliphatic heterocycles. The number of thiol groups is 1. The van der Waals surface area contributed by atoms with Crippen molar-refractivity contribution < 1.29 is 9.53 Å². The van der Waals surface area contributed by atoms with Crippen molar-refractivity contribution in [2.75, 3.05) is 6.61 Å². The number of hydrogen-bond acceptors (Lipinski definition) is 3. The molecule has 0 N–H and O–H groups in total. The largest absolute Gasteiger partial charge is 0.465 e. The summed E-state index contributed by atoms with van der Waals surface area (Å²) >= 11 is 4.30. The lowest BCUT2D eigenvalue weighted by Gasteiger charge is -2.10. The van der Waals surface area contributed by atoms with Crippen LogP contribution in [0.5, 0.6) is 0 Å². The summed E-state index contributed by atoms with van der Waals surface area (Å²) in [5.41, 5.74) is 0. The van der Waals surface area contributed by atoms with E-state index in [1.807, 2.05) is 0 Å². The molecule has 0 aromatic carbocycles. The van der Waals surface area contributed by atoms with E-state index in [1.165, 1.54) is 19.3 Å². The average Bonchev–Trinajstić information content (AvgIpc) is 2.28. The Balaban J connectivity index is 3.43. The summed E-state index contributed by atoms with van der Waals surface area (Å²) in [5.74, 6) is 0.631. The minimum atomic E-state index is -0.231. The molecule has 0 saturated carbocycles. The molecule has 0 radical (unpaired) electrons. The molecule has 1 unspecified atom stereocenters. The molecule has 0 aromatic heterocycles. The highest BCUT2D eigenvalue weighted by molar-refractivity contribution is 7.81. The van der Waals surface area contributed by atoms with E-state index >= 15 is 0 Å². The van der Waals surface area contributed by atoms with Crippen LogP contribution in [-0.4, -0.2) is 17.8 Å². The Morgan fingerprint density at radius 2 is 1.76 bits per heavy atom. The van der Waals surface area contributed by atoms with Crippen molar-refractivity contribution in [1.29, 1.82) is 0 Å².